The third kappa shape index (κ3) is 5.04. The van der Waals surface area contributed by atoms with E-state index in [9.17, 15) is 13.2 Å². The lowest BCUT2D eigenvalue weighted by Gasteiger charge is -2.25. The number of carbonyl (C=O) groups excluding carboxylic acids is 1. The lowest BCUT2D eigenvalue weighted by Crippen LogP contribution is -2.40. The Morgan fingerprint density at radius 1 is 1.26 bits per heavy atom. The molecule has 2 N–H and O–H groups in total. The molecule has 1 aliphatic rings. The van der Waals surface area contributed by atoms with Gasteiger partial charge in [0.1, 0.15) is 0 Å². The van der Waals surface area contributed by atoms with Crippen molar-refractivity contribution < 1.29 is 17.9 Å². The van der Waals surface area contributed by atoms with Gasteiger partial charge in [0, 0.05) is 23.8 Å². The number of hydrogen-bond acceptors (Lipinski definition) is 6. The molecule has 0 radical (unpaired) electrons. The SMILES string of the molecule is Cc1ccc(NC(=O)CSc2nc3ccc(S(=O)(=O)N4CCOCC4)cc3[nH]2)cc1Cl. The highest BCUT2D eigenvalue weighted by Gasteiger charge is 2.26. The fourth-order valence-electron chi connectivity index (χ4n) is 3.13. The highest BCUT2D eigenvalue weighted by Crippen LogP contribution is 2.25. The van der Waals surface area contributed by atoms with Crippen molar-refractivity contribution in [2.75, 3.05) is 37.4 Å². The van der Waals surface area contributed by atoms with Crippen molar-refractivity contribution in [3.63, 3.8) is 0 Å². The third-order valence-corrected chi connectivity index (χ3v) is 8.01. The summed E-state index contributed by atoms with van der Waals surface area (Å²) in [6.07, 6.45) is 0. The topological polar surface area (TPSA) is 104 Å². The number of morpholine rings is 1. The molecule has 0 bridgehead atoms. The van der Waals surface area contributed by atoms with Crippen LogP contribution in [0, 0.1) is 6.92 Å². The van der Waals surface area contributed by atoms with Gasteiger partial charge in [0.15, 0.2) is 5.16 Å². The molecule has 4 rings (SSSR count). The van der Waals surface area contributed by atoms with E-state index >= 15 is 0 Å². The van der Waals surface area contributed by atoms with Crippen molar-refractivity contribution in [3.8, 4) is 0 Å². The number of hydrogen-bond donors (Lipinski definition) is 2. The largest absolute Gasteiger partial charge is 0.379 e. The number of nitrogens with zero attached hydrogens (tertiary/aromatic N) is 2. The van der Waals surface area contributed by atoms with Crippen LogP contribution in [-0.4, -0.2) is 60.7 Å². The number of rotatable bonds is 6. The number of aryl methyl sites for hydroxylation is 1. The van der Waals surface area contributed by atoms with Gasteiger partial charge in [0.05, 0.1) is 34.9 Å². The van der Waals surface area contributed by atoms with Gasteiger partial charge in [0.25, 0.3) is 0 Å². The standard InChI is InChI=1S/C20H21ClN4O4S2/c1-13-2-3-14(10-16(13)21)22-19(26)12-30-20-23-17-5-4-15(11-18(17)24-20)31(27,28)25-6-8-29-9-7-25/h2-5,10-11H,6-9,12H2,1H3,(H,22,26)(H,23,24). The number of sulfonamides is 1. The van der Waals surface area contributed by atoms with Crippen molar-refractivity contribution in [1.82, 2.24) is 14.3 Å². The average molecular weight is 481 g/mol. The normalized spacial score (nSPS) is 15.3. The number of aromatic nitrogens is 2. The van der Waals surface area contributed by atoms with E-state index in [1.165, 1.54) is 16.1 Å². The van der Waals surface area contributed by atoms with Gasteiger partial charge in [-0.3, -0.25) is 4.79 Å². The quantitative estimate of drug-likeness (QED) is 0.525. The first-order chi connectivity index (χ1) is 14.8. The molecule has 1 saturated heterocycles. The fraction of sp³-hybridized carbons (Fsp3) is 0.300. The van der Waals surface area contributed by atoms with E-state index in [1.54, 1.807) is 30.3 Å². The summed E-state index contributed by atoms with van der Waals surface area (Å²) >= 11 is 7.32. The van der Waals surface area contributed by atoms with Crippen LogP contribution in [0.1, 0.15) is 5.56 Å². The summed E-state index contributed by atoms with van der Waals surface area (Å²) in [6, 6.07) is 10.1. The molecule has 2 aromatic carbocycles. The smallest absolute Gasteiger partial charge is 0.243 e. The van der Waals surface area contributed by atoms with E-state index in [1.807, 2.05) is 13.0 Å². The van der Waals surface area contributed by atoms with Gasteiger partial charge >= 0.3 is 0 Å². The van der Waals surface area contributed by atoms with Gasteiger partial charge in [-0.25, -0.2) is 13.4 Å². The molecule has 11 heteroatoms. The molecule has 0 unspecified atom stereocenters. The monoisotopic (exact) mass is 480 g/mol. The number of halogens is 1. The molecule has 0 aliphatic carbocycles. The Labute approximate surface area is 189 Å². The summed E-state index contributed by atoms with van der Waals surface area (Å²) in [7, 11) is -3.59. The second-order valence-corrected chi connectivity index (χ2v) is 10.3. The summed E-state index contributed by atoms with van der Waals surface area (Å²) in [5.41, 5.74) is 2.80. The highest BCUT2D eigenvalue weighted by atomic mass is 35.5. The number of carbonyl (C=O) groups is 1. The van der Waals surface area contributed by atoms with Crippen LogP contribution in [0.5, 0.6) is 0 Å². The molecule has 0 atom stereocenters. The Balaban J connectivity index is 1.43. The number of H-pyrrole nitrogens is 1. The first-order valence-electron chi connectivity index (χ1n) is 9.59. The predicted molar refractivity (Wildman–Crippen MR) is 121 cm³/mol. The molecular formula is C20H21ClN4O4S2. The van der Waals surface area contributed by atoms with Gasteiger partial charge in [-0.05, 0) is 42.8 Å². The number of ether oxygens (including phenoxy) is 1. The number of nitrogens with one attached hydrogen (secondary N) is 2. The van der Waals surface area contributed by atoms with E-state index in [0.717, 1.165) is 5.56 Å². The van der Waals surface area contributed by atoms with Gasteiger partial charge in [-0.15, -0.1) is 0 Å². The number of fused-ring (bicyclic) bond motifs is 1. The van der Waals surface area contributed by atoms with Crippen LogP contribution < -0.4 is 5.32 Å². The van der Waals surface area contributed by atoms with Crippen molar-refractivity contribution in [3.05, 3.63) is 47.0 Å². The van der Waals surface area contributed by atoms with E-state index < -0.39 is 10.0 Å². The van der Waals surface area contributed by atoms with E-state index in [-0.39, 0.29) is 16.6 Å². The molecule has 8 nitrogen and oxygen atoms in total. The summed E-state index contributed by atoms with van der Waals surface area (Å²) in [4.78, 5) is 20.0. The van der Waals surface area contributed by atoms with E-state index in [2.05, 4.69) is 15.3 Å². The molecule has 1 fully saturated rings. The number of imidazole rings is 1. The molecule has 1 aromatic heterocycles. The summed E-state index contributed by atoms with van der Waals surface area (Å²) in [6.45, 7) is 3.35. The summed E-state index contributed by atoms with van der Waals surface area (Å²) in [5, 5.41) is 3.92. The second kappa shape index (κ2) is 9.17. The molecule has 1 amide bonds. The molecule has 2 heterocycles. The van der Waals surface area contributed by atoms with Crippen molar-refractivity contribution in [2.24, 2.45) is 0 Å². The van der Waals surface area contributed by atoms with E-state index in [0.29, 0.717) is 53.2 Å². The number of thioether (sulfide) groups is 1. The maximum Gasteiger partial charge on any atom is 0.243 e. The summed E-state index contributed by atoms with van der Waals surface area (Å²) in [5.74, 6) is -0.0504. The number of anilines is 1. The van der Waals surface area contributed by atoms with Crippen LogP contribution in [0.15, 0.2) is 46.5 Å². The van der Waals surface area contributed by atoms with Crippen LogP contribution in [-0.2, 0) is 19.6 Å². The van der Waals surface area contributed by atoms with Gasteiger partial charge < -0.3 is 15.0 Å². The Hall–Kier alpha value is -2.11. The lowest BCUT2D eigenvalue weighted by atomic mass is 10.2. The van der Waals surface area contributed by atoms with Crippen LogP contribution in [0.4, 0.5) is 5.69 Å². The minimum Gasteiger partial charge on any atom is -0.379 e. The molecule has 1 aliphatic heterocycles. The first-order valence-corrected chi connectivity index (χ1v) is 12.4. The Morgan fingerprint density at radius 3 is 2.77 bits per heavy atom. The minimum absolute atomic E-state index is 0.143. The zero-order chi connectivity index (χ0) is 22.0. The third-order valence-electron chi connectivity index (χ3n) is 4.84. The Bertz CT molecular complexity index is 1220. The zero-order valence-electron chi connectivity index (χ0n) is 16.7. The number of benzene rings is 2. The molecular weight excluding hydrogens is 460 g/mol. The van der Waals surface area contributed by atoms with Crippen LogP contribution in [0.25, 0.3) is 11.0 Å². The lowest BCUT2D eigenvalue weighted by molar-refractivity contribution is -0.113. The molecule has 31 heavy (non-hydrogen) atoms. The van der Waals surface area contributed by atoms with Gasteiger partial charge in [0.2, 0.25) is 15.9 Å². The molecule has 3 aromatic rings. The first kappa shape index (κ1) is 22.1. The Kier molecular flexibility index (Phi) is 6.54. The Morgan fingerprint density at radius 2 is 2.03 bits per heavy atom. The van der Waals surface area contributed by atoms with Crippen LogP contribution in [0.3, 0.4) is 0 Å². The summed E-state index contributed by atoms with van der Waals surface area (Å²) < 4.78 is 32.3. The molecule has 164 valence electrons. The van der Waals surface area contributed by atoms with Crippen LogP contribution >= 0.6 is 23.4 Å². The zero-order valence-corrected chi connectivity index (χ0v) is 19.1. The van der Waals surface area contributed by atoms with Crippen molar-refractivity contribution in [2.45, 2.75) is 17.0 Å². The fourth-order valence-corrected chi connectivity index (χ4v) is 5.43. The average Bonchev–Trinajstić information content (AvgIpc) is 3.18. The number of aromatic amines is 1. The van der Waals surface area contributed by atoms with Crippen molar-refractivity contribution in [1.29, 1.82) is 0 Å². The van der Waals surface area contributed by atoms with Gasteiger partial charge in [-0.1, -0.05) is 29.4 Å². The second-order valence-electron chi connectivity index (χ2n) is 7.04. The number of amides is 1. The van der Waals surface area contributed by atoms with Gasteiger partial charge in [-0.2, -0.15) is 4.31 Å². The molecule has 0 saturated carbocycles. The predicted octanol–water partition coefficient (Wildman–Crippen LogP) is 3.28. The minimum atomic E-state index is -3.59. The highest BCUT2D eigenvalue weighted by molar-refractivity contribution is 7.99. The van der Waals surface area contributed by atoms with E-state index in [4.69, 9.17) is 16.3 Å². The van der Waals surface area contributed by atoms with Crippen molar-refractivity contribution >= 4 is 56.0 Å². The maximum atomic E-state index is 12.8. The van der Waals surface area contributed by atoms with Crippen LogP contribution in [0.2, 0.25) is 5.02 Å². The maximum absolute atomic E-state index is 12.8. The molecule has 0 spiro atoms.